The Hall–Kier alpha value is -1.82. The fourth-order valence-electron chi connectivity index (χ4n) is 4.10. The summed E-state index contributed by atoms with van der Waals surface area (Å²) in [6.45, 7) is 4.02. The topological polar surface area (TPSA) is 23.6 Å². The van der Waals surface area contributed by atoms with Crippen molar-refractivity contribution in [2.45, 2.75) is 31.1 Å². The van der Waals surface area contributed by atoms with Crippen molar-refractivity contribution in [1.29, 1.82) is 0 Å². The maximum absolute atomic E-state index is 13.6. The fraction of sp³-hybridized carbons (Fsp3) is 0.375. The highest BCUT2D eigenvalue weighted by atomic mass is 35.5. The first-order valence-corrected chi connectivity index (χ1v) is 11.8. The van der Waals surface area contributed by atoms with E-state index in [9.17, 15) is 9.18 Å². The molecule has 1 atom stereocenters. The summed E-state index contributed by atoms with van der Waals surface area (Å²) in [4.78, 5) is 18.3. The molecule has 2 aromatic rings. The molecule has 0 saturated carbocycles. The monoisotopic (exact) mass is 444 g/mol. The maximum Gasteiger partial charge on any atom is 0.261 e. The Labute approximate surface area is 186 Å². The Kier molecular flexibility index (Phi) is 7.13. The number of carbonyl (C=O) groups excluding carboxylic acids is 1. The van der Waals surface area contributed by atoms with E-state index in [2.05, 4.69) is 4.90 Å². The highest BCUT2D eigenvalue weighted by Crippen LogP contribution is 2.46. The number of thioether (sulfide) groups is 1. The van der Waals surface area contributed by atoms with Crippen LogP contribution in [0.5, 0.6) is 0 Å². The van der Waals surface area contributed by atoms with E-state index in [-0.39, 0.29) is 17.1 Å². The molecule has 6 heteroatoms. The van der Waals surface area contributed by atoms with Gasteiger partial charge in [0.15, 0.2) is 0 Å². The van der Waals surface area contributed by atoms with E-state index in [1.165, 1.54) is 43.2 Å². The van der Waals surface area contributed by atoms with Gasteiger partial charge < -0.3 is 9.80 Å². The molecule has 0 aliphatic carbocycles. The molecular weight excluding hydrogens is 419 g/mol. The molecule has 2 aliphatic rings. The maximum atomic E-state index is 13.6. The quantitative estimate of drug-likeness (QED) is 0.513. The first-order chi connectivity index (χ1) is 14.6. The van der Waals surface area contributed by atoms with Crippen LogP contribution in [0.15, 0.2) is 53.4 Å². The average Bonchev–Trinajstić information content (AvgIpc) is 3.04. The lowest BCUT2D eigenvalue weighted by molar-refractivity contribution is -0.126. The smallest absolute Gasteiger partial charge is 0.261 e. The number of hydrogen-bond donors (Lipinski definition) is 0. The number of amides is 1. The number of nitrogens with zero attached hydrogens (tertiary/aromatic N) is 2. The molecule has 0 bridgehead atoms. The lowest BCUT2D eigenvalue weighted by atomic mass is 10.1. The van der Waals surface area contributed by atoms with Crippen molar-refractivity contribution in [2.24, 2.45) is 0 Å². The van der Waals surface area contributed by atoms with E-state index < -0.39 is 0 Å². The van der Waals surface area contributed by atoms with Crippen molar-refractivity contribution >= 4 is 35.3 Å². The summed E-state index contributed by atoms with van der Waals surface area (Å²) < 4.78 is 13.6. The van der Waals surface area contributed by atoms with Gasteiger partial charge in [-0.05, 0) is 80.4 Å². The molecule has 30 heavy (non-hydrogen) atoms. The second-order valence-electron chi connectivity index (χ2n) is 7.84. The normalized spacial score (nSPS) is 21.5. The zero-order valence-corrected chi connectivity index (χ0v) is 18.5. The Morgan fingerprint density at radius 1 is 1.07 bits per heavy atom. The number of likely N-dealkylation sites (tertiary alicyclic amines) is 1. The summed E-state index contributed by atoms with van der Waals surface area (Å²) in [5.41, 5.74) is 1.72. The van der Waals surface area contributed by atoms with Gasteiger partial charge in [0.2, 0.25) is 0 Å². The van der Waals surface area contributed by atoms with E-state index in [1.807, 2.05) is 35.2 Å². The first-order valence-electron chi connectivity index (χ1n) is 10.5. The predicted octanol–water partition coefficient (Wildman–Crippen LogP) is 5.97. The van der Waals surface area contributed by atoms with Crippen LogP contribution >= 0.6 is 23.4 Å². The SMILES string of the molecule is O=C1/C(=C\c2cccc(F)c2)SC(c2cccc(Cl)c2)N1CCCN1CCCCC1. The summed E-state index contributed by atoms with van der Waals surface area (Å²) in [7, 11) is 0. The molecule has 3 nitrogen and oxygen atoms in total. The van der Waals surface area contributed by atoms with Crippen LogP contribution in [0.3, 0.4) is 0 Å². The number of carbonyl (C=O) groups is 1. The Bertz CT molecular complexity index is 929. The van der Waals surface area contributed by atoms with Crippen molar-refractivity contribution in [3.63, 3.8) is 0 Å². The molecular formula is C24H26ClFN2OS. The molecule has 1 unspecified atom stereocenters. The van der Waals surface area contributed by atoms with E-state index in [0.29, 0.717) is 22.0 Å². The van der Waals surface area contributed by atoms with Crippen LogP contribution in [0.25, 0.3) is 6.08 Å². The molecule has 0 N–H and O–H groups in total. The van der Waals surface area contributed by atoms with Gasteiger partial charge in [0.1, 0.15) is 11.2 Å². The van der Waals surface area contributed by atoms with Crippen molar-refractivity contribution in [3.05, 3.63) is 75.4 Å². The summed E-state index contributed by atoms with van der Waals surface area (Å²) in [6, 6.07) is 14.0. The third-order valence-electron chi connectivity index (χ3n) is 5.60. The van der Waals surface area contributed by atoms with Crippen molar-refractivity contribution in [2.75, 3.05) is 26.2 Å². The van der Waals surface area contributed by atoms with Gasteiger partial charge in [-0.2, -0.15) is 0 Å². The molecule has 0 radical (unpaired) electrons. The van der Waals surface area contributed by atoms with E-state index in [4.69, 9.17) is 11.6 Å². The van der Waals surface area contributed by atoms with Crippen molar-refractivity contribution in [1.82, 2.24) is 9.80 Å². The van der Waals surface area contributed by atoms with Gasteiger partial charge in [-0.1, -0.05) is 54.0 Å². The Balaban J connectivity index is 1.53. The molecule has 1 amide bonds. The molecule has 0 spiro atoms. The number of rotatable bonds is 6. The lowest BCUT2D eigenvalue weighted by Crippen LogP contribution is -2.34. The zero-order valence-electron chi connectivity index (χ0n) is 16.9. The summed E-state index contributed by atoms with van der Waals surface area (Å²) in [5, 5.41) is 0.550. The summed E-state index contributed by atoms with van der Waals surface area (Å²) >= 11 is 7.74. The second kappa shape index (κ2) is 9.99. The third kappa shape index (κ3) is 5.26. The zero-order chi connectivity index (χ0) is 20.9. The van der Waals surface area contributed by atoms with Gasteiger partial charge in [-0.25, -0.2) is 4.39 Å². The molecule has 2 aromatic carbocycles. The molecule has 158 valence electrons. The third-order valence-corrected chi connectivity index (χ3v) is 7.13. The van der Waals surface area contributed by atoms with Gasteiger partial charge in [-0.15, -0.1) is 0 Å². The minimum Gasteiger partial charge on any atom is -0.322 e. The van der Waals surface area contributed by atoms with E-state index >= 15 is 0 Å². The summed E-state index contributed by atoms with van der Waals surface area (Å²) in [5.74, 6) is -0.294. The lowest BCUT2D eigenvalue weighted by Gasteiger charge is -2.28. The van der Waals surface area contributed by atoms with Gasteiger partial charge in [0, 0.05) is 11.6 Å². The highest BCUT2D eigenvalue weighted by Gasteiger charge is 2.36. The second-order valence-corrected chi connectivity index (χ2v) is 9.40. The minimum absolute atomic E-state index is 0.00730. The van der Waals surface area contributed by atoms with Gasteiger partial charge in [0.25, 0.3) is 5.91 Å². The van der Waals surface area contributed by atoms with Crippen LogP contribution in [-0.4, -0.2) is 41.9 Å². The average molecular weight is 445 g/mol. The molecule has 4 rings (SSSR count). The van der Waals surface area contributed by atoms with E-state index in [0.717, 1.165) is 31.6 Å². The molecule has 2 aliphatic heterocycles. The molecule has 2 saturated heterocycles. The van der Waals surface area contributed by atoms with Crippen molar-refractivity contribution in [3.8, 4) is 0 Å². The highest BCUT2D eigenvalue weighted by molar-refractivity contribution is 8.04. The van der Waals surface area contributed by atoms with Crippen LogP contribution in [0, 0.1) is 5.82 Å². The fourth-order valence-corrected chi connectivity index (χ4v) is 5.57. The van der Waals surface area contributed by atoms with Crippen LogP contribution in [-0.2, 0) is 4.79 Å². The largest absolute Gasteiger partial charge is 0.322 e. The van der Waals surface area contributed by atoms with Crippen molar-refractivity contribution < 1.29 is 9.18 Å². The summed E-state index contributed by atoms with van der Waals surface area (Å²) in [6.07, 6.45) is 6.59. The van der Waals surface area contributed by atoms with Crippen LogP contribution in [0.4, 0.5) is 4.39 Å². The first kappa shape index (κ1) is 21.4. The van der Waals surface area contributed by atoms with Gasteiger partial charge in [0.05, 0.1) is 4.91 Å². The predicted molar refractivity (Wildman–Crippen MR) is 123 cm³/mol. The number of hydrogen-bond acceptors (Lipinski definition) is 3. The van der Waals surface area contributed by atoms with E-state index in [1.54, 1.807) is 12.1 Å². The molecule has 0 aromatic heterocycles. The van der Waals surface area contributed by atoms with Crippen LogP contribution < -0.4 is 0 Å². The Morgan fingerprint density at radius 3 is 2.63 bits per heavy atom. The molecule has 2 heterocycles. The van der Waals surface area contributed by atoms with Gasteiger partial charge in [-0.3, -0.25) is 4.79 Å². The van der Waals surface area contributed by atoms with Gasteiger partial charge >= 0.3 is 0 Å². The molecule has 2 fully saturated rings. The number of benzene rings is 2. The number of piperidine rings is 1. The minimum atomic E-state index is -0.301. The Morgan fingerprint density at radius 2 is 1.87 bits per heavy atom. The van der Waals surface area contributed by atoms with Crippen LogP contribution in [0.1, 0.15) is 42.2 Å². The van der Waals surface area contributed by atoms with Crippen LogP contribution in [0.2, 0.25) is 5.02 Å². The number of halogens is 2. The standard InChI is InChI=1S/C24H26ClFN2OS/c25-20-9-5-8-19(17-20)24-28(14-6-13-27-11-2-1-3-12-27)23(29)22(30-24)16-18-7-4-10-21(26)15-18/h4-5,7-10,15-17,24H,1-3,6,11-14H2/b22-16+.